The van der Waals surface area contributed by atoms with Crippen LogP contribution >= 0.6 is 0 Å². The fourth-order valence-electron chi connectivity index (χ4n) is 3.04. The van der Waals surface area contributed by atoms with Gasteiger partial charge >= 0.3 is 6.61 Å². The first-order valence-electron chi connectivity index (χ1n) is 9.46. The third-order valence-corrected chi connectivity index (χ3v) is 4.39. The number of carbonyl (C=O) groups is 1. The van der Waals surface area contributed by atoms with Crippen molar-refractivity contribution in [1.82, 2.24) is 14.7 Å². The molecule has 30 heavy (non-hydrogen) atoms. The van der Waals surface area contributed by atoms with Crippen molar-refractivity contribution in [3.8, 4) is 11.4 Å². The average molecular weight is 414 g/mol. The van der Waals surface area contributed by atoms with E-state index in [0.717, 1.165) is 22.5 Å². The summed E-state index contributed by atoms with van der Waals surface area (Å²) in [5, 5.41) is 7.37. The maximum absolute atomic E-state index is 12.5. The van der Waals surface area contributed by atoms with E-state index in [2.05, 4.69) is 15.2 Å². The van der Waals surface area contributed by atoms with E-state index in [0.29, 0.717) is 12.4 Å². The van der Waals surface area contributed by atoms with Crippen LogP contribution in [0.25, 0.3) is 5.69 Å². The fraction of sp³-hybridized carbons (Fsp3) is 0.273. The van der Waals surface area contributed by atoms with Gasteiger partial charge in [-0.3, -0.25) is 9.69 Å². The molecule has 0 aliphatic rings. The van der Waals surface area contributed by atoms with Crippen molar-refractivity contribution >= 4 is 11.7 Å². The summed E-state index contributed by atoms with van der Waals surface area (Å²) in [5.74, 6) is 0.528. The molecule has 0 aliphatic heterocycles. The van der Waals surface area contributed by atoms with E-state index in [1.54, 1.807) is 16.8 Å². The summed E-state index contributed by atoms with van der Waals surface area (Å²) < 4.78 is 30.5. The highest BCUT2D eigenvalue weighted by Gasteiger charge is 2.13. The van der Waals surface area contributed by atoms with Gasteiger partial charge in [-0.1, -0.05) is 29.8 Å². The fourth-order valence-corrected chi connectivity index (χ4v) is 3.04. The van der Waals surface area contributed by atoms with Crippen molar-refractivity contribution in [3.63, 3.8) is 0 Å². The predicted molar refractivity (Wildman–Crippen MR) is 111 cm³/mol. The number of amides is 1. The molecule has 0 saturated carbocycles. The summed E-state index contributed by atoms with van der Waals surface area (Å²) in [4.78, 5) is 14.4. The van der Waals surface area contributed by atoms with Gasteiger partial charge in [0, 0.05) is 12.6 Å². The Bertz CT molecular complexity index is 985. The summed E-state index contributed by atoms with van der Waals surface area (Å²) in [6.07, 6.45) is 0. The smallest absolute Gasteiger partial charge is 0.387 e. The highest BCUT2D eigenvalue weighted by molar-refractivity contribution is 5.91. The first-order valence-corrected chi connectivity index (χ1v) is 9.46. The van der Waals surface area contributed by atoms with Crippen molar-refractivity contribution in [2.24, 2.45) is 0 Å². The summed E-state index contributed by atoms with van der Waals surface area (Å²) >= 11 is 0. The molecule has 0 fully saturated rings. The molecule has 0 aliphatic carbocycles. The Labute approximate surface area is 174 Å². The second kappa shape index (κ2) is 9.49. The summed E-state index contributed by atoms with van der Waals surface area (Å²) in [6.45, 7) is 1.68. The standard InChI is InChI=1S/C22H24F2N4O2/c1-15-4-8-18(9-5-15)28-20(12-16(2)26-28)25-21(29)14-27(3)13-17-6-10-19(11-7-17)30-22(23)24/h4-12,22H,13-14H2,1-3H3,(H,25,29). The van der Waals surface area contributed by atoms with Gasteiger partial charge in [0.1, 0.15) is 11.6 Å². The van der Waals surface area contributed by atoms with Gasteiger partial charge in [-0.25, -0.2) is 4.68 Å². The van der Waals surface area contributed by atoms with E-state index in [1.165, 1.54) is 12.1 Å². The molecule has 2 aromatic carbocycles. The Hall–Kier alpha value is -3.26. The minimum absolute atomic E-state index is 0.105. The molecule has 158 valence electrons. The lowest BCUT2D eigenvalue weighted by atomic mass is 10.2. The normalized spacial score (nSPS) is 11.2. The second-order valence-corrected chi connectivity index (χ2v) is 7.16. The van der Waals surface area contributed by atoms with Crippen molar-refractivity contribution in [3.05, 3.63) is 71.4 Å². The van der Waals surface area contributed by atoms with Gasteiger partial charge in [-0.2, -0.15) is 13.9 Å². The van der Waals surface area contributed by atoms with E-state index in [9.17, 15) is 13.6 Å². The van der Waals surface area contributed by atoms with Gasteiger partial charge in [0.05, 0.1) is 17.9 Å². The Morgan fingerprint density at radius 3 is 2.43 bits per heavy atom. The zero-order valence-electron chi connectivity index (χ0n) is 17.1. The molecule has 1 N–H and O–H groups in total. The number of carbonyl (C=O) groups excluding carboxylic acids is 1. The van der Waals surface area contributed by atoms with E-state index >= 15 is 0 Å². The molecular weight excluding hydrogens is 390 g/mol. The van der Waals surface area contributed by atoms with E-state index in [-0.39, 0.29) is 18.2 Å². The molecule has 1 heterocycles. The van der Waals surface area contributed by atoms with Crippen LogP contribution in [0.3, 0.4) is 0 Å². The van der Waals surface area contributed by atoms with Crippen LogP contribution in [0.1, 0.15) is 16.8 Å². The lowest BCUT2D eigenvalue weighted by Gasteiger charge is -2.17. The third-order valence-electron chi connectivity index (χ3n) is 4.39. The molecule has 1 amide bonds. The molecule has 1 aromatic heterocycles. The Kier molecular flexibility index (Phi) is 6.79. The maximum atomic E-state index is 12.5. The Morgan fingerprint density at radius 1 is 1.13 bits per heavy atom. The molecule has 6 nitrogen and oxygen atoms in total. The van der Waals surface area contributed by atoms with Crippen molar-refractivity contribution < 1.29 is 18.3 Å². The lowest BCUT2D eigenvalue weighted by molar-refractivity contribution is -0.117. The van der Waals surface area contributed by atoms with E-state index in [4.69, 9.17) is 0 Å². The number of hydrogen-bond acceptors (Lipinski definition) is 4. The van der Waals surface area contributed by atoms with E-state index < -0.39 is 6.61 Å². The third kappa shape index (κ3) is 5.87. The minimum Gasteiger partial charge on any atom is -0.435 e. The van der Waals surface area contributed by atoms with Crippen LogP contribution in [0.5, 0.6) is 5.75 Å². The van der Waals surface area contributed by atoms with Gasteiger partial charge in [-0.05, 0) is 50.7 Å². The molecule has 0 atom stereocenters. The number of ether oxygens (including phenoxy) is 1. The summed E-state index contributed by atoms with van der Waals surface area (Å²) in [6, 6.07) is 16.1. The zero-order valence-corrected chi connectivity index (χ0v) is 17.1. The van der Waals surface area contributed by atoms with Crippen LogP contribution in [-0.4, -0.2) is 40.8 Å². The summed E-state index contributed by atoms with van der Waals surface area (Å²) in [7, 11) is 1.81. The maximum Gasteiger partial charge on any atom is 0.387 e. The van der Waals surface area contributed by atoms with Crippen LogP contribution in [-0.2, 0) is 11.3 Å². The van der Waals surface area contributed by atoms with Gasteiger partial charge in [-0.15, -0.1) is 0 Å². The number of hydrogen-bond donors (Lipinski definition) is 1. The predicted octanol–water partition coefficient (Wildman–Crippen LogP) is 4.16. The molecule has 0 spiro atoms. The number of nitrogens with one attached hydrogen (secondary N) is 1. The number of rotatable bonds is 8. The average Bonchev–Trinajstić information content (AvgIpc) is 3.03. The molecule has 0 radical (unpaired) electrons. The quantitative estimate of drug-likeness (QED) is 0.601. The van der Waals surface area contributed by atoms with Crippen LogP contribution < -0.4 is 10.1 Å². The monoisotopic (exact) mass is 414 g/mol. The van der Waals surface area contributed by atoms with Crippen molar-refractivity contribution in [2.45, 2.75) is 27.0 Å². The number of halogens is 2. The summed E-state index contributed by atoms with van der Waals surface area (Å²) in [5.41, 5.74) is 3.69. The highest BCUT2D eigenvalue weighted by atomic mass is 19.3. The number of likely N-dealkylation sites (N-methyl/N-ethyl adjacent to an activating group) is 1. The largest absolute Gasteiger partial charge is 0.435 e. The van der Waals surface area contributed by atoms with Gasteiger partial charge in [0.2, 0.25) is 5.91 Å². The SMILES string of the molecule is Cc1ccc(-n2nc(C)cc2NC(=O)CN(C)Cc2ccc(OC(F)F)cc2)cc1. The van der Waals surface area contributed by atoms with Crippen LogP contribution in [0, 0.1) is 13.8 Å². The van der Waals surface area contributed by atoms with Crippen molar-refractivity contribution in [1.29, 1.82) is 0 Å². The molecular formula is C22H24F2N4O2. The van der Waals surface area contributed by atoms with Crippen LogP contribution in [0.15, 0.2) is 54.6 Å². The number of benzene rings is 2. The molecule has 0 saturated heterocycles. The number of nitrogens with zero attached hydrogens (tertiary/aromatic N) is 3. The number of anilines is 1. The zero-order chi connectivity index (χ0) is 21.7. The second-order valence-electron chi connectivity index (χ2n) is 7.16. The van der Waals surface area contributed by atoms with Crippen LogP contribution in [0.2, 0.25) is 0 Å². The number of aryl methyl sites for hydroxylation is 2. The number of aromatic nitrogens is 2. The van der Waals surface area contributed by atoms with Gasteiger partial charge < -0.3 is 10.1 Å². The molecule has 0 unspecified atom stereocenters. The topological polar surface area (TPSA) is 59.4 Å². The van der Waals surface area contributed by atoms with Gasteiger partial charge in [0.25, 0.3) is 0 Å². The number of alkyl halides is 2. The molecule has 0 bridgehead atoms. The highest BCUT2D eigenvalue weighted by Crippen LogP contribution is 2.18. The molecule has 3 aromatic rings. The first-order chi connectivity index (χ1) is 14.3. The molecule has 8 heteroatoms. The Morgan fingerprint density at radius 2 is 1.80 bits per heavy atom. The van der Waals surface area contributed by atoms with Crippen LogP contribution in [0.4, 0.5) is 14.6 Å². The lowest BCUT2D eigenvalue weighted by Crippen LogP contribution is -2.30. The molecule has 3 rings (SSSR count). The van der Waals surface area contributed by atoms with E-state index in [1.807, 2.05) is 56.1 Å². The minimum atomic E-state index is -2.85. The van der Waals surface area contributed by atoms with Crippen molar-refractivity contribution in [2.75, 3.05) is 18.9 Å². The van der Waals surface area contributed by atoms with Gasteiger partial charge in [0.15, 0.2) is 0 Å². The Balaban J connectivity index is 1.60. The first kappa shape index (κ1) is 21.4.